The highest BCUT2D eigenvalue weighted by Gasteiger charge is 2.13. The zero-order valence-corrected chi connectivity index (χ0v) is 11.9. The summed E-state index contributed by atoms with van der Waals surface area (Å²) in [4.78, 5) is 12.2. The van der Waals surface area contributed by atoms with E-state index in [1.807, 2.05) is 12.1 Å². The number of carbonyl (C=O) groups excluding carboxylic acids is 1. The molecule has 5 heteroatoms. The molecule has 98 valence electrons. The van der Waals surface area contributed by atoms with E-state index in [1.54, 1.807) is 30.3 Å². The molecule has 0 unspecified atom stereocenters. The van der Waals surface area contributed by atoms with Gasteiger partial charge in [0.15, 0.2) is 0 Å². The van der Waals surface area contributed by atoms with Crippen LogP contribution < -0.4 is 15.8 Å². The van der Waals surface area contributed by atoms with Crippen LogP contribution in [0, 0.1) is 0 Å². The number of nitrogens with one attached hydrogen (secondary N) is 1. The van der Waals surface area contributed by atoms with Crippen molar-refractivity contribution in [1.82, 2.24) is 0 Å². The number of ether oxygens (including phenoxy) is 1. The molecule has 0 aromatic heterocycles. The van der Waals surface area contributed by atoms with Gasteiger partial charge in [-0.1, -0.05) is 28.1 Å². The fourth-order valence-corrected chi connectivity index (χ4v) is 1.99. The monoisotopic (exact) mass is 320 g/mol. The Morgan fingerprint density at radius 3 is 2.68 bits per heavy atom. The minimum Gasteiger partial charge on any atom is -0.496 e. The highest BCUT2D eigenvalue weighted by atomic mass is 79.9. The van der Waals surface area contributed by atoms with Gasteiger partial charge in [0.05, 0.1) is 24.0 Å². The summed E-state index contributed by atoms with van der Waals surface area (Å²) in [5.74, 6) is 0.239. The largest absolute Gasteiger partial charge is 0.496 e. The van der Waals surface area contributed by atoms with Gasteiger partial charge in [0.25, 0.3) is 5.91 Å². The molecule has 0 atom stereocenters. The molecule has 2 aromatic rings. The van der Waals surface area contributed by atoms with E-state index in [0.29, 0.717) is 22.7 Å². The Hall–Kier alpha value is -2.01. The van der Waals surface area contributed by atoms with E-state index in [9.17, 15) is 4.79 Å². The van der Waals surface area contributed by atoms with Crippen LogP contribution in [0.25, 0.3) is 0 Å². The van der Waals surface area contributed by atoms with Crippen LogP contribution in [-0.4, -0.2) is 13.0 Å². The molecule has 2 rings (SSSR count). The quantitative estimate of drug-likeness (QED) is 0.853. The average molecular weight is 321 g/mol. The molecular weight excluding hydrogens is 308 g/mol. The topological polar surface area (TPSA) is 64.3 Å². The third-order valence-electron chi connectivity index (χ3n) is 2.62. The summed E-state index contributed by atoms with van der Waals surface area (Å²) in [5.41, 5.74) is 7.34. The first kappa shape index (κ1) is 13.4. The van der Waals surface area contributed by atoms with E-state index in [-0.39, 0.29) is 5.91 Å². The van der Waals surface area contributed by atoms with Gasteiger partial charge in [-0.3, -0.25) is 4.79 Å². The molecule has 0 bridgehead atoms. The standard InChI is InChI=1S/C14H13BrN2O2/c1-19-13-8-9(15)6-7-10(13)14(18)17-12-5-3-2-4-11(12)16/h2-8H,16H2,1H3,(H,17,18). The predicted molar refractivity (Wildman–Crippen MR) is 79.5 cm³/mol. The second-order valence-electron chi connectivity index (χ2n) is 3.89. The Balaban J connectivity index is 2.28. The third-order valence-corrected chi connectivity index (χ3v) is 3.11. The number of para-hydroxylation sites is 2. The molecule has 0 aliphatic carbocycles. The fraction of sp³-hybridized carbons (Fsp3) is 0.0714. The lowest BCUT2D eigenvalue weighted by molar-refractivity contribution is 0.102. The molecule has 2 aromatic carbocycles. The minimum absolute atomic E-state index is 0.262. The highest BCUT2D eigenvalue weighted by molar-refractivity contribution is 9.10. The summed E-state index contributed by atoms with van der Waals surface area (Å²) in [7, 11) is 1.52. The molecule has 4 nitrogen and oxygen atoms in total. The second kappa shape index (κ2) is 5.75. The van der Waals surface area contributed by atoms with Crippen molar-refractivity contribution in [2.45, 2.75) is 0 Å². The van der Waals surface area contributed by atoms with Crippen LogP contribution in [0.3, 0.4) is 0 Å². The van der Waals surface area contributed by atoms with Crippen LogP contribution in [0.5, 0.6) is 5.75 Å². The van der Waals surface area contributed by atoms with Crippen molar-refractivity contribution in [3.05, 3.63) is 52.5 Å². The summed E-state index contributed by atoms with van der Waals surface area (Å²) in [6.45, 7) is 0. The maximum Gasteiger partial charge on any atom is 0.259 e. The van der Waals surface area contributed by atoms with Gasteiger partial charge in [-0.05, 0) is 30.3 Å². The average Bonchev–Trinajstić information content (AvgIpc) is 2.41. The Morgan fingerprint density at radius 2 is 2.00 bits per heavy atom. The Kier molecular flexibility index (Phi) is 4.06. The number of rotatable bonds is 3. The Labute approximate surface area is 119 Å². The number of methoxy groups -OCH3 is 1. The van der Waals surface area contributed by atoms with Crippen molar-refractivity contribution in [2.24, 2.45) is 0 Å². The summed E-state index contributed by atoms with van der Waals surface area (Å²) in [6.07, 6.45) is 0. The predicted octanol–water partition coefficient (Wildman–Crippen LogP) is 3.29. The molecular formula is C14H13BrN2O2. The van der Waals surface area contributed by atoms with E-state index in [2.05, 4.69) is 21.2 Å². The Morgan fingerprint density at radius 1 is 1.26 bits per heavy atom. The number of benzene rings is 2. The van der Waals surface area contributed by atoms with Gasteiger partial charge in [-0.15, -0.1) is 0 Å². The number of carbonyl (C=O) groups is 1. The number of hydrogen-bond donors (Lipinski definition) is 2. The van der Waals surface area contributed by atoms with Crippen LogP contribution in [0.15, 0.2) is 46.9 Å². The maximum atomic E-state index is 12.2. The highest BCUT2D eigenvalue weighted by Crippen LogP contribution is 2.25. The molecule has 0 radical (unpaired) electrons. The van der Waals surface area contributed by atoms with E-state index in [1.165, 1.54) is 7.11 Å². The Bertz CT molecular complexity index is 614. The van der Waals surface area contributed by atoms with Crippen molar-refractivity contribution >= 4 is 33.2 Å². The van der Waals surface area contributed by atoms with Crippen molar-refractivity contribution in [3.63, 3.8) is 0 Å². The molecule has 1 amide bonds. The molecule has 0 fully saturated rings. The summed E-state index contributed by atoms with van der Waals surface area (Å²) >= 11 is 3.33. The number of halogens is 1. The molecule has 0 aliphatic rings. The van der Waals surface area contributed by atoms with Crippen LogP contribution in [0.4, 0.5) is 11.4 Å². The van der Waals surface area contributed by atoms with Gasteiger partial charge in [0.2, 0.25) is 0 Å². The van der Waals surface area contributed by atoms with E-state index < -0.39 is 0 Å². The summed E-state index contributed by atoms with van der Waals surface area (Å²) in [6, 6.07) is 12.3. The molecule has 19 heavy (non-hydrogen) atoms. The van der Waals surface area contributed by atoms with Crippen LogP contribution in [-0.2, 0) is 0 Å². The lowest BCUT2D eigenvalue weighted by Crippen LogP contribution is -2.14. The third kappa shape index (κ3) is 3.06. The first-order valence-electron chi connectivity index (χ1n) is 5.61. The van der Waals surface area contributed by atoms with Crippen LogP contribution in [0.1, 0.15) is 10.4 Å². The molecule has 0 aliphatic heterocycles. The van der Waals surface area contributed by atoms with Gasteiger partial charge < -0.3 is 15.8 Å². The lowest BCUT2D eigenvalue weighted by Gasteiger charge is -2.11. The lowest BCUT2D eigenvalue weighted by atomic mass is 10.1. The number of amides is 1. The summed E-state index contributed by atoms with van der Waals surface area (Å²) in [5, 5.41) is 2.76. The smallest absolute Gasteiger partial charge is 0.259 e. The first-order chi connectivity index (χ1) is 9.11. The zero-order chi connectivity index (χ0) is 13.8. The molecule has 3 N–H and O–H groups in total. The second-order valence-corrected chi connectivity index (χ2v) is 4.80. The van der Waals surface area contributed by atoms with Crippen LogP contribution >= 0.6 is 15.9 Å². The maximum absolute atomic E-state index is 12.2. The molecule has 0 spiro atoms. The number of anilines is 2. The van der Waals surface area contributed by atoms with Crippen molar-refractivity contribution in [2.75, 3.05) is 18.2 Å². The number of hydrogen-bond acceptors (Lipinski definition) is 3. The fourth-order valence-electron chi connectivity index (χ4n) is 1.65. The normalized spacial score (nSPS) is 10.0. The zero-order valence-electron chi connectivity index (χ0n) is 10.3. The van der Waals surface area contributed by atoms with Crippen molar-refractivity contribution in [3.8, 4) is 5.75 Å². The summed E-state index contributed by atoms with van der Waals surface area (Å²) < 4.78 is 6.04. The molecule has 0 saturated carbocycles. The van der Waals surface area contributed by atoms with E-state index in [0.717, 1.165) is 4.47 Å². The molecule has 0 heterocycles. The van der Waals surface area contributed by atoms with Gasteiger partial charge in [0, 0.05) is 4.47 Å². The van der Waals surface area contributed by atoms with Gasteiger partial charge in [-0.2, -0.15) is 0 Å². The first-order valence-corrected chi connectivity index (χ1v) is 6.40. The van der Waals surface area contributed by atoms with Crippen molar-refractivity contribution < 1.29 is 9.53 Å². The van der Waals surface area contributed by atoms with Gasteiger partial charge in [-0.25, -0.2) is 0 Å². The van der Waals surface area contributed by atoms with Crippen molar-refractivity contribution in [1.29, 1.82) is 0 Å². The number of nitrogen functional groups attached to an aromatic ring is 1. The van der Waals surface area contributed by atoms with Gasteiger partial charge in [0.1, 0.15) is 5.75 Å². The van der Waals surface area contributed by atoms with Gasteiger partial charge >= 0.3 is 0 Å². The molecule has 0 saturated heterocycles. The van der Waals surface area contributed by atoms with Crippen LogP contribution in [0.2, 0.25) is 0 Å². The minimum atomic E-state index is -0.262. The van der Waals surface area contributed by atoms with E-state index >= 15 is 0 Å². The van der Waals surface area contributed by atoms with E-state index in [4.69, 9.17) is 10.5 Å². The SMILES string of the molecule is COc1cc(Br)ccc1C(=O)Nc1ccccc1N. The number of nitrogens with two attached hydrogens (primary N) is 1.